The van der Waals surface area contributed by atoms with E-state index in [4.69, 9.17) is 4.74 Å². The molecule has 0 aromatic rings. The van der Waals surface area contributed by atoms with Gasteiger partial charge in [0, 0.05) is 18.6 Å². The highest BCUT2D eigenvalue weighted by molar-refractivity contribution is 4.91. The second kappa shape index (κ2) is 6.55. The first-order valence-corrected chi connectivity index (χ1v) is 8.08. The summed E-state index contributed by atoms with van der Waals surface area (Å²) in [5.74, 6) is 0.751. The fourth-order valence-electron chi connectivity index (χ4n) is 3.49. The minimum Gasteiger partial charge on any atom is -0.375 e. The first-order chi connectivity index (χ1) is 8.97. The molecule has 2 aliphatic rings. The zero-order chi connectivity index (χ0) is 13.9. The number of piperidine rings is 2. The summed E-state index contributed by atoms with van der Waals surface area (Å²) < 4.78 is 6.35. The Morgan fingerprint density at radius 2 is 1.84 bits per heavy atom. The molecule has 2 saturated heterocycles. The van der Waals surface area contributed by atoms with Crippen LogP contribution in [0.3, 0.4) is 0 Å². The molecule has 2 fully saturated rings. The van der Waals surface area contributed by atoms with Crippen LogP contribution in [0.5, 0.6) is 0 Å². The highest BCUT2D eigenvalue weighted by atomic mass is 16.5. The van der Waals surface area contributed by atoms with Crippen molar-refractivity contribution in [2.24, 2.45) is 5.92 Å². The Labute approximate surface area is 119 Å². The van der Waals surface area contributed by atoms with E-state index in [-0.39, 0.29) is 0 Å². The topological polar surface area (TPSA) is 24.5 Å². The van der Waals surface area contributed by atoms with Gasteiger partial charge < -0.3 is 10.1 Å². The van der Waals surface area contributed by atoms with Crippen molar-refractivity contribution in [3.8, 4) is 0 Å². The van der Waals surface area contributed by atoms with E-state index < -0.39 is 0 Å². The molecular formula is C16H32N2O. The predicted molar refractivity (Wildman–Crippen MR) is 80.5 cm³/mol. The number of nitrogens with one attached hydrogen (secondary N) is 1. The van der Waals surface area contributed by atoms with E-state index in [0.717, 1.165) is 19.0 Å². The van der Waals surface area contributed by atoms with E-state index >= 15 is 0 Å². The van der Waals surface area contributed by atoms with Gasteiger partial charge in [-0.25, -0.2) is 0 Å². The molecule has 2 heterocycles. The molecule has 0 radical (unpaired) electrons. The van der Waals surface area contributed by atoms with Gasteiger partial charge in [0.1, 0.15) is 0 Å². The smallest absolute Gasteiger partial charge is 0.0608 e. The van der Waals surface area contributed by atoms with Crippen LogP contribution in [0.2, 0.25) is 0 Å². The Morgan fingerprint density at radius 1 is 1.16 bits per heavy atom. The molecule has 0 amide bonds. The summed E-state index contributed by atoms with van der Waals surface area (Å²) in [7, 11) is 0. The lowest BCUT2D eigenvalue weighted by atomic mass is 9.87. The van der Waals surface area contributed by atoms with Crippen molar-refractivity contribution in [3.05, 3.63) is 0 Å². The van der Waals surface area contributed by atoms with E-state index in [2.05, 4.69) is 37.9 Å². The average Bonchev–Trinajstić information content (AvgIpc) is 2.33. The summed E-state index contributed by atoms with van der Waals surface area (Å²) in [5, 5.41) is 3.41. The third-order valence-electron chi connectivity index (χ3n) is 4.56. The van der Waals surface area contributed by atoms with Crippen LogP contribution in [-0.4, -0.2) is 48.8 Å². The highest BCUT2D eigenvalue weighted by Crippen LogP contribution is 2.31. The van der Waals surface area contributed by atoms with E-state index in [9.17, 15) is 0 Å². The van der Waals surface area contributed by atoms with Gasteiger partial charge in [0.05, 0.1) is 12.2 Å². The molecule has 3 nitrogen and oxygen atoms in total. The standard InChI is InChI=1S/C16H32N2O/c1-13(2)12-18-10-7-15(11-16(18,3)4)19-14-5-8-17-9-6-14/h13-15,17H,5-12H2,1-4H3/t15-/m1/s1. The van der Waals surface area contributed by atoms with E-state index in [0.29, 0.717) is 17.7 Å². The number of nitrogens with zero attached hydrogens (tertiary/aromatic N) is 1. The van der Waals surface area contributed by atoms with Crippen LogP contribution in [-0.2, 0) is 4.74 Å². The van der Waals surface area contributed by atoms with Crippen molar-refractivity contribution in [2.45, 2.75) is 71.1 Å². The van der Waals surface area contributed by atoms with Gasteiger partial charge in [0.15, 0.2) is 0 Å². The van der Waals surface area contributed by atoms with Gasteiger partial charge >= 0.3 is 0 Å². The molecule has 0 aromatic heterocycles. The molecule has 2 rings (SSSR count). The number of rotatable bonds is 4. The van der Waals surface area contributed by atoms with Gasteiger partial charge in [-0.1, -0.05) is 13.8 Å². The highest BCUT2D eigenvalue weighted by Gasteiger charge is 2.36. The van der Waals surface area contributed by atoms with Crippen LogP contribution >= 0.6 is 0 Å². The summed E-state index contributed by atoms with van der Waals surface area (Å²) in [6.45, 7) is 14.1. The molecule has 0 aliphatic carbocycles. The monoisotopic (exact) mass is 268 g/mol. The molecule has 0 bridgehead atoms. The van der Waals surface area contributed by atoms with E-state index in [1.165, 1.54) is 38.8 Å². The van der Waals surface area contributed by atoms with Crippen LogP contribution in [0.4, 0.5) is 0 Å². The Kier molecular flexibility index (Phi) is 5.27. The van der Waals surface area contributed by atoms with Crippen molar-refractivity contribution in [1.29, 1.82) is 0 Å². The Bertz CT molecular complexity index is 272. The van der Waals surface area contributed by atoms with Gasteiger partial charge in [-0.05, 0) is 58.5 Å². The molecule has 3 heteroatoms. The van der Waals surface area contributed by atoms with Crippen LogP contribution in [0.1, 0.15) is 53.4 Å². The Balaban J connectivity index is 1.83. The average molecular weight is 268 g/mol. The largest absolute Gasteiger partial charge is 0.375 e. The number of likely N-dealkylation sites (tertiary alicyclic amines) is 1. The first-order valence-electron chi connectivity index (χ1n) is 8.08. The number of hydrogen-bond donors (Lipinski definition) is 1. The van der Waals surface area contributed by atoms with Crippen LogP contribution in [0.15, 0.2) is 0 Å². The molecule has 0 saturated carbocycles. The lowest BCUT2D eigenvalue weighted by molar-refractivity contribution is -0.0862. The van der Waals surface area contributed by atoms with Crippen LogP contribution in [0.25, 0.3) is 0 Å². The lowest BCUT2D eigenvalue weighted by Crippen LogP contribution is -2.53. The zero-order valence-electron chi connectivity index (χ0n) is 13.2. The second-order valence-corrected chi connectivity index (χ2v) is 7.35. The summed E-state index contributed by atoms with van der Waals surface area (Å²) in [6, 6.07) is 0. The summed E-state index contributed by atoms with van der Waals surface area (Å²) >= 11 is 0. The fraction of sp³-hybridized carbons (Fsp3) is 1.00. The van der Waals surface area contributed by atoms with E-state index in [1.807, 2.05) is 0 Å². The number of ether oxygens (including phenoxy) is 1. The predicted octanol–water partition coefficient (Wildman–Crippen LogP) is 2.65. The third-order valence-corrected chi connectivity index (χ3v) is 4.56. The lowest BCUT2D eigenvalue weighted by Gasteiger charge is -2.47. The van der Waals surface area contributed by atoms with Crippen molar-refractivity contribution >= 4 is 0 Å². The maximum Gasteiger partial charge on any atom is 0.0608 e. The SMILES string of the molecule is CC(C)CN1CC[C@@H](OC2CCNCC2)CC1(C)C. The minimum atomic E-state index is 0.292. The summed E-state index contributed by atoms with van der Waals surface area (Å²) in [5.41, 5.74) is 0.292. The van der Waals surface area contributed by atoms with Crippen LogP contribution in [0, 0.1) is 5.92 Å². The van der Waals surface area contributed by atoms with Crippen LogP contribution < -0.4 is 5.32 Å². The molecular weight excluding hydrogens is 236 g/mol. The normalized spacial score (nSPS) is 29.8. The maximum atomic E-state index is 6.35. The van der Waals surface area contributed by atoms with E-state index in [1.54, 1.807) is 0 Å². The zero-order valence-corrected chi connectivity index (χ0v) is 13.2. The minimum absolute atomic E-state index is 0.292. The molecule has 0 spiro atoms. The van der Waals surface area contributed by atoms with Crippen molar-refractivity contribution in [1.82, 2.24) is 10.2 Å². The molecule has 1 N–H and O–H groups in total. The van der Waals surface area contributed by atoms with Gasteiger partial charge in [-0.15, -0.1) is 0 Å². The molecule has 0 unspecified atom stereocenters. The molecule has 2 aliphatic heterocycles. The van der Waals surface area contributed by atoms with Gasteiger partial charge in [-0.3, -0.25) is 4.90 Å². The maximum absolute atomic E-state index is 6.35. The Morgan fingerprint density at radius 3 is 2.42 bits per heavy atom. The van der Waals surface area contributed by atoms with Gasteiger partial charge in [0.2, 0.25) is 0 Å². The third kappa shape index (κ3) is 4.44. The quantitative estimate of drug-likeness (QED) is 0.848. The van der Waals surface area contributed by atoms with Gasteiger partial charge in [0.25, 0.3) is 0 Å². The first kappa shape index (κ1) is 15.3. The fourth-order valence-corrected chi connectivity index (χ4v) is 3.49. The van der Waals surface area contributed by atoms with Crippen molar-refractivity contribution in [2.75, 3.05) is 26.2 Å². The number of hydrogen-bond acceptors (Lipinski definition) is 3. The van der Waals surface area contributed by atoms with Crippen molar-refractivity contribution in [3.63, 3.8) is 0 Å². The molecule has 112 valence electrons. The van der Waals surface area contributed by atoms with Gasteiger partial charge in [-0.2, -0.15) is 0 Å². The van der Waals surface area contributed by atoms with Crippen molar-refractivity contribution < 1.29 is 4.74 Å². The summed E-state index contributed by atoms with van der Waals surface area (Å²) in [6.07, 6.45) is 5.74. The molecule has 19 heavy (non-hydrogen) atoms. The molecule has 1 atom stereocenters. The summed E-state index contributed by atoms with van der Waals surface area (Å²) in [4.78, 5) is 2.65. The second-order valence-electron chi connectivity index (χ2n) is 7.35. The Hall–Kier alpha value is -0.120. The molecule has 0 aromatic carbocycles.